The number of nitrogens with zero attached hydrogens (tertiary/aromatic N) is 1. The number of carbonyl (C=O) groups is 2. The third-order valence-electron chi connectivity index (χ3n) is 4.93. The molecule has 25 heavy (non-hydrogen) atoms. The van der Waals surface area contributed by atoms with Gasteiger partial charge in [0.05, 0.1) is 0 Å². The van der Waals surface area contributed by atoms with Crippen molar-refractivity contribution in [2.24, 2.45) is 5.92 Å². The maximum Gasteiger partial charge on any atom is 0.251 e. The van der Waals surface area contributed by atoms with Crippen molar-refractivity contribution in [3.05, 3.63) is 29.8 Å². The molecule has 1 aliphatic rings. The van der Waals surface area contributed by atoms with E-state index in [4.69, 9.17) is 0 Å². The van der Waals surface area contributed by atoms with Crippen LogP contribution >= 0.6 is 0 Å². The van der Waals surface area contributed by atoms with Crippen molar-refractivity contribution in [3.63, 3.8) is 0 Å². The Morgan fingerprint density at radius 3 is 2.20 bits per heavy atom. The first kappa shape index (κ1) is 19.6. The van der Waals surface area contributed by atoms with Crippen LogP contribution in [0.4, 0.5) is 0 Å². The van der Waals surface area contributed by atoms with E-state index < -0.39 is 10.8 Å². The van der Waals surface area contributed by atoms with Crippen LogP contribution in [-0.4, -0.2) is 46.3 Å². The number of rotatable bonds is 6. The molecule has 1 unspecified atom stereocenters. The topological polar surface area (TPSA) is 66.5 Å². The Hall–Kier alpha value is -1.69. The number of benzene rings is 1. The molecule has 1 fully saturated rings. The molecule has 6 heteroatoms. The zero-order chi connectivity index (χ0) is 18.4. The van der Waals surface area contributed by atoms with E-state index in [0.717, 1.165) is 25.7 Å². The Morgan fingerprint density at radius 1 is 1.16 bits per heavy atom. The summed E-state index contributed by atoms with van der Waals surface area (Å²) in [5, 5.41) is 3.05. The van der Waals surface area contributed by atoms with Gasteiger partial charge < -0.3 is 10.2 Å². The lowest BCUT2D eigenvalue weighted by Crippen LogP contribution is -2.48. The molecule has 0 radical (unpaired) electrons. The molecule has 1 aromatic carbocycles. The molecule has 0 saturated carbocycles. The molecule has 1 aliphatic heterocycles. The van der Waals surface area contributed by atoms with Crippen LogP contribution in [0.3, 0.4) is 0 Å². The number of piperidine rings is 1. The molecule has 2 amide bonds. The van der Waals surface area contributed by atoms with E-state index in [9.17, 15) is 13.8 Å². The Morgan fingerprint density at radius 2 is 1.72 bits per heavy atom. The van der Waals surface area contributed by atoms with Gasteiger partial charge in [-0.15, -0.1) is 0 Å². The van der Waals surface area contributed by atoms with Crippen LogP contribution in [0.1, 0.15) is 49.9 Å². The molecule has 1 aromatic rings. The highest BCUT2D eigenvalue weighted by molar-refractivity contribution is 7.84. The Bertz CT molecular complexity index is 618. The van der Waals surface area contributed by atoms with Gasteiger partial charge >= 0.3 is 0 Å². The number of hydrogen-bond acceptors (Lipinski definition) is 3. The molecule has 0 aliphatic carbocycles. The van der Waals surface area contributed by atoms with E-state index in [1.54, 1.807) is 30.5 Å². The van der Waals surface area contributed by atoms with Gasteiger partial charge in [0.2, 0.25) is 5.91 Å². The molecule has 1 heterocycles. The third-order valence-corrected chi connectivity index (χ3v) is 5.86. The van der Waals surface area contributed by atoms with E-state index in [1.807, 2.05) is 4.90 Å². The Labute approximate surface area is 152 Å². The highest BCUT2D eigenvalue weighted by atomic mass is 32.2. The van der Waals surface area contributed by atoms with Crippen molar-refractivity contribution in [2.75, 3.05) is 19.3 Å². The fourth-order valence-electron chi connectivity index (χ4n) is 3.21. The quantitative estimate of drug-likeness (QED) is 0.844. The van der Waals surface area contributed by atoms with Gasteiger partial charge in [-0.2, -0.15) is 0 Å². The molecule has 0 spiro atoms. The van der Waals surface area contributed by atoms with Gasteiger partial charge in [0.15, 0.2) is 0 Å². The van der Waals surface area contributed by atoms with Gasteiger partial charge in [-0.25, -0.2) is 0 Å². The second-order valence-corrected chi connectivity index (χ2v) is 7.94. The second-order valence-electron chi connectivity index (χ2n) is 6.56. The first-order valence-corrected chi connectivity index (χ1v) is 10.5. The molecule has 0 aromatic heterocycles. The smallest absolute Gasteiger partial charge is 0.251 e. The van der Waals surface area contributed by atoms with Gasteiger partial charge in [-0.3, -0.25) is 13.8 Å². The van der Waals surface area contributed by atoms with Crippen molar-refractivity contribution >= 4 is 22.6 Å². The summed E-state index contributed by atoms with van der Waals surface area (Å²) in [6, 6.07) is 6.96. The molecule has 5 nitrogen and oxygen atoms in total. The van der Waals surface area contributed by atoms with Crippen molar-refractivity contribution in [1.82, 2.24) is 10.2 Å². The molecular formula is C19H28N2O3S. The summed E-state index contributed by atoms with van der Waals surface area (Å²) in [5.41, 5.74) is 0.574. The van der Waals surface area contributed by atoms with Crippen LogP contribution in [0, 0.1) is 5.92 Å². The highest BCUT2D eigenvalue weighted by Gasteiger charge is 2.27. The van der Waals surface area contributed by atoms with E-state index >= 15 is 0 Å². The number of hydrogen-bond donors (Lipinski definition) is 1. The normalized spacial score (nSPS) is 16.7. The molecule has 138 valence electrons. The van der Waals surface area contributed by atoms with Gasteiger partial charge in [0.25, 0.3) is 5.91 Å². The van der Waals surface area contributed by atoms with E-state index in [0.29, 0.717) is 23.5 Å². The summed E-state index contributed by atoms with van der Waals surface area (Å²) in [5.74, 6) is 0.255. The largest absolute Gasteiger partial charge is 0.349 e. The molecule has 1 saturated heterocycles. The van der Waals surface area contributed by atoms with E-state index in [-0.39, 0.29) is 23.8 Å². The summed E-state index contributed by atoms with van der Waals surface area (Å²) in [6.07, 6.45) is 4.95. The third kappa shape index (κ3) is 5.14. The number of likely N-dealkylation sites (tertiary alicyclic amines) is 1. The first-order chi connectivity index (χ1) is 12.0. The summed E-state index contributed by atoms with van der Waals surface area (Å²) < 4.78 is 11.4. The SMILES string of the molecule is CCC(CC)C(=O)N1CCC(NC(=O)c2ccc(S(C)=O)cc2)CC1. The van der Waals surface area contributed by atoms with Crippen molar-refractivity contribution in [3.8, 4) is 0 Å². The Kier molecular flexibility index (Phi) is 7.17. The van der Waals surface area contributed by atoms with Crippen molar-refractivity contribution in [2.45, 2.75) is 50.5 Å². The predicted octanol–water partition coefficient (Wildman–Crippen LogP) is 2.58. The lowest BCUT2D eigenvalue weighted by atomic mass is 9.98. The molecule has 1 N–H and O–H groups in total. The summed E-state index contributed by atoms with van der Waals surface area (Å²) >= 11 is 0. The summed E-state index contributed by atoms with van der Waals surface area (Å²) in [4.78, 5) is 27.4. The molecule has 1 atom stereocenters. The average molecular weight is 365 g/mol. The van der Waals surface area contributed by atoms with Crippen LogP contribution in [0.15, 0.2) is 29.2 Å². The number of amides is 2. The molecular weight excluding hydrogens is 336 g/mol. The average Bonchev–Trinajstić information content (AvgIpc) is 2.63. The predicted molar refractivity (Wildman–Crippen MR) is 99.9 cm³/mol. The van der Waals surface area contributed by atoms with Crippen LogP contribution in [0.2, 0.25) is 0 Å². The minimum Gasteiger partial charge on any atom is -0.349 e. The van der Waals surface area contributed by atoms with Crippen LogP contribution in [0.5, 0.6) is 0 Å². The van der Waals surface area contributed by atoms with E-state index in [1.165, 1.54) is 0 Å². The van der Waals surface area contributed by atoms with Crippen molar-refractivity contribution in [1.29, 1.82) is 0 Å². The zero-order valence-electron chi connectivity index (χ0n) is 15.3. The monoisotopic (exact) mass is 364 g/mol. The Balaban J connectivity index is 1.86. The fourth-order valence-corrected chi connectivity index (χ4v) is 3.73. The fraction of sp³-hybridized carbons (Fsp3) is 0.579. The second kappa shape index (κ2) is 9.13. The lowest BCUT2D eigenvalue weighted by molar-refractivity contribution is -0.136. The lowest BCUT2D eigenvalue weighted by Gasteiger charge is -2.34. The summed E-state index contributed by atoms with van der Waals surface area (Å²) in [7, 11) is -1.04. The number of carbonyl (C=O) groups excluding carboxylic acids is 2. The van der Waals surface area contributed by atoms with E-state index in [2.05, 4.69) is 19.2 Å². The minimum atomic E-state index is -1.04. The molecule has 0 bridgehead atoms. The zero-order valence-corrected chi connectivity index (χ0v) is 16.1. The maximum absolute atomic E-state index is 12.4. The van der Waals surface area contributed by atoms with Gasteiger partial charge in [-0.05, 0) is 49.9 Å². The number of nitrogens with one attached hydrogen (secondary N) is 1. The van der Waals surface area contributed by atoms with Gasteiger partial charge in [0.1, 0.15) is 0 Å². The highest BCUT2D eigenvalue weighted by Crippen LogP contribution is 2.18. The van der Waals surface area contributed by atoms with Gasteiger partial charge in [-0.1, -0.05) is 13.8 Å². The standard InChI is InChI=1S/C19H28N2O3S/c1-4-14(5-2)19(23)21-12-10-16(11-13-21)20-18(22)15-6-8-17(9-7-15)25(3)24/h6-9,14,16H,4-5,10-13H2,1-3H3,(H,20,22). The first-order valence-electron chi connectivity index (χ1n) is 8.99. The molecule has 2 rings (SSSR count). The minimum absolute atomic E-state index is 0.0956. The van der Waals surface area contributed by atoms with Crippen LogP contribution in [-0.2, 0) is 15.6 Å². The van der Waals surface area contributed by atoms with Crippen molar-refractivity contribution < 1.29 is 13.8 Å². The maximum atomic E-state index is 12.4. The summed E-state index contributed by atoms with van der Waals surface area (Å²) in [6.45, 7) is 5.51. The van der Waals surface area contributed by atoms with Gasteiger partial charge in [0, 0.05) is 52.6 Å². The van der Waals surface area contributed by atoms with Crippen LogP contribution in [0.25, 0.3) is 0 Å². The van der Waals surface area contributed by atoms with Crippen LogP contribution < -0.4 is 5.32 Å².